The van der Waals surface area contributed by atoms with Crippen molar-refractivity contribution in [2.45, 2.75) is 44.6 Å². The van der Waals surface area contributed by atoms with E-state index in [-0.39, 0.29) is 23.3 Å². The van der Waals surface area contributed by atoms with Crippen LogP contribution in [0.4, 0.5) is 0 Å². The molecule has 4 nitrogen and oxygen atoms in total. The van der Waals surface area contributed by atoms with Gasteiger partial charge in [0.1, 0.15) is 0 Å². The number of carbonyl (C=O) groups excluding carboxylic acids is 1. The molecule has 17 heavy (non-hydrogen) atoms. The minimum atomic E-state index is -2.95. The van der Waals surface area contributed by atoms with E-state index in [1.165, 1.54) is 19.3 Å². The van der Waals surface area contributed by atoms with Gasteiger partial charge in [-0.05, 0) is 19.3 Å². The van der Waals surface area contributed by atoms with E-state index in [2.05, 4.69) is 0 Å². The minimum absolute atomic E-state index is 0.0398. The number of hydrogen-bond donors (Lipinski definition) is 0. The monoisotopic (exact) mass is 259 g/mol. The summed E-state index contributed by atoms with van der Waals surface area (Å²) in [5.74, 6) is -0.00458. The summed E-state index contributed by atoms with van der Waals surface area (Å²) in [5, 5.41) is 0. The first kappa shape index (κ1) is 12.9. The summed E-state index contributed by atoms with van der Waals surface area (Å²) >= 11 is 0. The van der Waals surface area contributed by atoms with Crippen molar-refractivity contribution in [3.63, 3.8) is 0 Å². The molecular formula is C12H21NO3S. The molecule has 1 saturated heterocycles. The van der Waals surface area contributed by atoms with Crippen LogP contribution in [-0.4, -0.2) is 43.8 Å². The van der Waals surface area contributed by atoms with Crippen molar-refractivity contribution in [1.29, 1.82) is 0 Å². The van der Waals surface area contributed by atoms with Gasteiger partial charge in [-0.25, -0.2) is 8.42 Å². The fourth-order valence-electron chi connectivity index (χ4n) is 2.93. The van der Waals surface area contributed by atoms with E-state index in [1.54, 1.807) is 0 Å². The van der Waals surface area contributed by atoms with Gasteiger partial charge < -0.3 is 4.90 Å². The third-order valence-corrected chi connectivity index (χ3v) is 5.82. The highest BCUT2D eigenvalue weighted by Crippen LogP contribution is 2.26. The van der Waals surface area contributed by atoms with Crippen LogP contribution in [0.1, 0.15) is 38.5 Å². The first-order valence-corrected chi connectivity index (χ1v) is 8.29. The predicted octanol–water partition coefficient (Wildman–Crippen LogP) is 1.21. The summed E-state index contributed by atoms with van der Waals surface area (Å²) in [7, 11) is -1.12. The average molecular weight is 259 g/mol. The third kappa shape index (κ3) is 3.00. The normalized spacial score (nSPS) is 29.1. The van der Waals surface area contributed by atoms with Crippen LogP contribution in [0.15, 0.2) is 0 Å². The molecule has 1 unspecified atom stereocenters. The van der Waals surface area contributed by atoms with Gasteiger partial charge in [0.15, 0.2) is 9.84 Å². The van der Waals surface area contributed by atoms with Crippen LogP contribution in [0.3, 0.4) is 0 Å². The smallest absolute Gasteiger partial charge is 0.226 e. The van der Waals surface area contributed by atoms with Gasteiger partial charge in [0.25, 0.3) is 0 Å². The Morgan fingerprint density at radius 3 is 2.29 bits per heavy atom. The van der Waals surface area contributed by atoms with Gasteiger partial charge in [-0.3, -0.25) is 4.79 Å². The Kier molecular flexibility index (Phi) is 3.76. The molecule has 2 aliphatic rings. The second-order valence-electron chi connectivity index (χ2n) is 5.34. The van der Waals surface area contributed by atoms with E-state index < -0.39 is 9.84 Å². The van der Waals surface area contributed by atoms with E-state index in [4.69, 9.17) is 0 Å². The molecule has 0 bridgehead atoms. The van der Waals surface area contributed by atoms with Crippen LogP contribution in [0.5, 0.6) is 0 Å². The lowest BCUT2D eigenvalue weighted by molar-refractivity contribution is -0.136. The van der Waals surface area contributed by atoms with Crippen molar-refractivity contribution in [3.8, 4) is 0 Å². The fourth-order valence-corrected chi connectivity index (χ4v) is 4.66. The van der Waals surface area contributed by atoms with Crippen molar-refractivity contribution in [2.24, 2.45) is 5.92 Å². The van der Waals surface area contributed by atoms with Gasteiger partial charge in [-0.2, -0.15) is 0 Å². The zero-order valence-electron chi connectivity index (χ0n) is 10.4. The van der Waals surface area contributed by atoms with Crippen LogP contribution in [0.2, 0.25) is 0 Å². The second-order valence-corrected chi connectivity index (χ2v) is 7.57. The zero-order chi connectivity index (χ0) is 12.5. The van der Waals surface area contributed by atoms with Gasteiger partial charge >= 0.3 is 0 Å². The molecule has 1 heterocycles. The van der Waals surface area contributed by atoms with Crippen molar-refractivity contribution in [3.05, 3.63) is 0 Å². The van der Waals surface area contributed by atoms with Crippen molar-refractivity contribution in [1.82, 2.24) is 4.90 Å². The summed E-state index contributed by atoms with van der Waals surface area (Å²) in [6.07, 6.45) is 6.29. The molecule has 0 aromatic heterocycles. The van der Waals surface area contributed by atoms with Crippen molar-refractivity contribution < 1.29 is 13.2 Å². The van der Waals surface area contributed by atoms with Crippen LogP contribution < -0.4 is 0 Å². The summed E-state index contributed by atoms with van der Waals surface area (Å²) in [6, 6.07) is 0.333. The van der Waals surface area contributed by atoms with Crippen LogP contribution >= 0.6 is 0 Å². The highest BCUT2D eigenvalue weighted by molar-refractivity contribution is 7.91. The first-order valence-electron chi connectivity index (χ1n) is 6.47. The maximum atomic E-state index is 12.2. The zero-order valence-corrected chi connectivity index (χ0v) is 11.2. The lowest BCUT2D eigenvalue weighted by Crippen LogP contribution is -2.42. The molecule has 0 radical (unpaired) electrons. The summed E-state index contributed by atoms with van der Waals surface area (Å²) in [6.45, 7) is 0. The Hall–Kier alpha value is -0.580. The fraction of sp³-hybridized carbons (Fsp3) is 0.917. The molecule has 1 amide bonds. The number of hydrogen-bond acceptors (Lipinski definition) is 3. The van der Waals surface area contributed by atoms with E-state index >= 15 is 0 Å². The van der Waals surface area contributed by atoms with E-state index in [0.717, 1.165) is 12.8 Å². The Morgan fingerprint density at radius 2 is 1.76 bits per heavy atom. The standard InChI is InChI=1S/C12H21NO3S/c1-13(11-5-3-2-4-6-11)12(14)10-7-8-17(15,16)9-10/h10-11H,2-9H2,1H3. The molecule has 2 rings (SSSR count). The number of amides is 1. The van der Waals surface area contributed by atoms with E-state index in [0.29, 0.717) is 12.5 Å². The van der Waals surface area contributed by atoms with Gasteiger partial charge in [0.05, 0.1) is 17.4 Å². The number of sulfone groups is 1. The average Bonchev–Trinajstić information content (AvgIpc) is 2.69. The maximum absolute atomic E-state index is 12.2. The first-order chi connectivity index (χ1) is 7.99. The molecule has 98 valence electrons. The molecule has 0 aromatic carbocycles. The molecule has 0 aromatic rings. The number of nitrogens with zero attached hydrogens (tertiary/aromatic N) is 1. The molecule has 0 N–H and O–H groups in total. The summed E-state index contributed by atoms with van der Waals surface area (Å²) in [4.78, 5) is 14.0. The third-order valence-electron chi connectivity index (χ3n) is 4.05. The van der Waals surface area contributed by atoms with Gasteiger partial charge in [-0.15, -0.1) is 0 Å². The quantitative estimate of drug-likeness (QED) is 0.749. The molecular weight excluding hydrogens is 238 g/mol. The van der Waals surface area contributed by atoms with Gasteiger partial charge in [0, 0.05) is 13.1 Å². The molecule has 1 aliphatic heterocycles. The maximum Gasteiger partial charge on any atom is 0.226 e. The Morgan fingerprint density at radius 1 is 1.12 bits per heavy atom. The van der Waals surface area contributed by atoms with Crippen molar-refractivity contribution >= 4 is 15.7 Å². The minimum Gasteiger partial charge on any atom is -0.343 e. The van der Waals surface area contributed by atoms with Gasteiger partial charge in [-0.1, -0.05) is 19.3 Å². The van der Waals surface area contributed by atoms with Crippen LogP contribution in [0, 0.1) is 5.92 Å². The highest BCUT2D eigenvalue weighted by atomic mass is 32.2. The van der Waals surface area contributed by atoms with Crippen LogP contribution in [-0.2, 0) is 14.6 Å². The lowest BCUT2D eigenvalue weighted by Gasteiger charge is -2.32. The predicted molar refractivity (Wildman–Crippen MR) is 66.4 cm³/mol. The second kappa shape index (κ2) is 4.96. The topological polar surface area (TPSA) is 54.5 Å². The summed E-state index contributed by atoms with van der Waals surface area (Å²) < 4.78 is 22.7. The largest absolute Gasteiger partial charge is 0.343 e. The van der Waals surface area contributed by atoms with E-state index in [1.807, 2.05) is 11.9 Å². The summed E-state index contributed by atoms with van der Waals surface area (Å²) in [5.41, 5.74) is 0. The number of carbonyl (C=O) groups is 1. The molecule has 1 saturated carbocycles. The molecule has 2 fully saturated rings. The Labute approximate surface area is 103 Å². The van der Waals surface area contributed by atoms with E-state index in [9.17, 15) is 13.2 Å². The van der Waals surface area contributed by atoms with Crippen LogP contribution in [0.25, 0.3) is 0 Å². The lowest BCUT2D eigenvalue weighted by atomic mass is 9.93. The Balaban J connectivity index is 1.95. The van der Waals surface area contributed by atoms with Gasteiger partial charge in [0.2, 0.25) is 5.91 Å². The Bertz CT molecular complexity index is 385. The highest BCUT2D eigenvalue weighted by Gasteiger charge is 2.36. The number of rotatable bonds is 2. The van der Waals surface area contributed by atoms with Crippen molar-refractivity contribution in [2.75, 3.05) is 18.6 Å². The molecule has 1 atom stereocenters. The molecule has 1 aliphatic carbocycles. The molecule has 5 heteroatoms. The SMILES string of the molecule is CN(C(=O)C1CCS(=O)(=O)C1)C1CCCCC1. The molecule has 0 spiro atoms.